The number of benzene rings is 2. The van der Waals surface area contributed by atoms with Crippen LogP contribution >= 0.6 is 0 Å². The van der Waals surface area contributed by atoms with Gasteiger partial charge >= 0.3 is 5.97 Å². The van der Waals surface area contributed by atoms with Gasteiger partial charge in [-0.25, -0.2) is 4.79 Å². The average molecular weight is 351 g/mol. The van der Waals surface area contributed by atoms with Crippen LogP contribution in [0.3, 0.4) is 0 Å². The number of aromatic nitrogens is 2. The largest absolute Gasteiger partial charge is 0.478 e. The molecule has 2 aromatic carbocycles. The molecule has 0 bridgehead atoms. The second kappa shape index (κ2) is 7.49. The molecule has 1 fully saturated rings. The number of hydrogen-bond donors (Lipinski definition) is 2. The van der Waals surface area contributed by atoms with Crippen molar-refractivity contribution in [2.75, 3.05) is 0 Å². The van der Waals surface area contributed by atoms with E-state index in [-0.39, 0.29) is 5.56 Å². The number of nitrogens with zero attached hydrogens (tertiary/aromatic N) is 2. The molecule has 6 nitrogen and oxygen atoms in total. The molecule has 0 unspecified atom stereocenters. The van der Waals surface area contributed by atoms with Crippen LogP contribution in [-0.4, -0.2) is 27.3 Å². The van der Waals surface area contributed by atoms with Crippen LogP contribution in [0.4, 0.5) is 0 Å². The van der Waals surface area contributed by atoms with Gasteiger partial charge in [0.1, 0.15) is 0 Å². The molecule has 6 heteroatoms. The van der Waals surface area contributed by atoms with Gasteiger partial charge < -0.3 is 15.3 Å². The lowest BCUT2D eigenvalue weighted by atomic mass is 9.97. The van der Waals surface area contributed by atoms with Gasteiger partial charge in [-0.2, -0.15) is 0 Å². The van der Waals surface area contributed by atoms with Gasteiger partial charge in [-0.1, -0.05) is 18.2 Å². The number of nitrogens with two attached hydrogens (primary N) is 1. The molecule has 0 saturated heterocycles. The number of carboxylic acid groups (broad SMARTS) is 1. The Balaban J connectivity index is 0.000000433. The van der Waals surface area contributed by atoms with E-state index in [0.29, 0.717) is 17.8 Å². The van der Waals surface area contributed by atoms with Crippen LogP contribution in [0.5, 0.6) is 0 Å². The third kappa shape index (κ3) is 4.34. The molecule has 1 aromatic heterocycles. The molecule has 3 aromatic rings. The van der Waals surface area contributed by atoms with Crippen LogP contribution in [0.2, 0.25) is 0 Å². The zero-order chi connectivity index (χ0) is 18.7. The first kappa shape index (κ1) is 17.8. The van der Waals surface area contributed by atoms with Crippen LogP contribution in [0.25, 0.3) is 22.6 Å². The summed E-state index contributed by atoms with van der Waals surface area (Å²) in [6.07, 6.45) is 2.53. The summed E-state index contributed by atoms with van der Waals surface area (Å²) in [6.45, 7) is 3.70. The lowest BCUT2D eigenvalue weighted by Gasteiger charge is -2.08. The Kier molecular flexibility index (Phi) is 5.14. The summed E-state index contributed by atoms with van der Waals surface area (Å²) in [6, 6.07) is 13.3. The molecule has 1 heterocycles. The standard InChI is InChI=1S/C17H14N2O3.C3H7N/c1-10-3-4-14(17(20)21)9-15(10)12-5-7-13(8-6-12)16-19-18-11(2)22-16;4-3-1-2-3/h3-9H,1-2H3,(H,20,21);3H,1-2,4H2. The smallest absolute Gasteiger partial charge is 0.335 e. The lowest BCUT2D eigenvalue weighted by Crippen LogP contribution is -1.97. The summed E-state index contributed by atoms with van der Waals surface area (Å²) in [7, 11) is 0. The van der Waals surface area contributed by atoms with Crippen LogP contribution < -0.4 is 5.73 Å². The van der Waals surface area contributed by atoms with E-state index in [1.807, 2.05) is 37.3 Å². The van der Waals surface area contributed by atoms with Gasteiger partial charge in [0.25, 0.3) is 0 Å². The lowest BCUT2D eigenvalue weighted by molar-refractivity contribution is 0.0697. The normalized spacial score (nSPS) is 13.0. The van der Waals surface area contributed by atoms with E-state index in [9.17, 15) is 4.79 Å². The van der Waals surface area contributed by atoms with E-state index in [1.165, 1.54) is 12.8 Å². The molecule has 0 aliphatic heterocycles. The number of carbonyl (C=O) groups is 1. The van der Waals surface area contributed by atoms with E-state index in [2.05, 4.69) is 10.2 Å². The van der Waals surface area contributed by atoms with E-state index in [0.717, 1.165) is 22.3 Å². The van der Waals surface area contributed by atoms with E-state index >= 15 is 0 Å². The molecule has 0 amide bonds. The van der Waals surface area contributed by atoms with Gasteiger partial charge in [-0.3, -0.25) is 0 Å². The van der Waals surface area contributed by atoms with E-state index in [1.54, 1.807) is 19.1 Å². The Morgan fingerprint density at radius 1 is 1.08 bits per heavy atom. The van der Waals surface area contributed by atoms with Crippen molar-refractivity contribution in [1.29, 1.82) is 0 Å². The molecule has 1 aliphatic carbocycles. The summed E-state index contributed by atoms with van der Waals surface area (Å²) >= 11 is 0. The third-order valence-corrected chi connectivity index (χ3v) is 4.08. The molecule has 26 heavy (non-hydrogen) atoms. The van der Waals surface area contributed by atoms with Crippen molar-refractivity contribution in [2.24, 2.45) is 5.73 Å². The maximum Gasteiger partial charge on any atom is 0.335 e. The zero-order valence-electron chi connectivity index (χ0n) is 14.8. The highest BCUT2D eigenvalue weighted by Crippen LogP contribution is 2.27. The molecule has 0 radical (unpaired) electrons. The van der Waals surface area contributed by atoms with Crippen molar-refractivity contribution in [1.82, 2.24) is 10.2 Å². The highest BCUT2D eigenvalue weighted by atomic mass is 16.4. The number of aryl methyl sites for hydroxylation is 2. The van der Waals surface area contributed by atoms with Crippen molar-refractivity contribution in [2.45, 2.75) is 32.7 Å². The Morgan fingerprint density at radius 2 is 1.69 bits per heavy atom. The molecular weight excluding hydrogens is 330 g/mol. The quantitative estimate of drug-likeness (QED) is 0.743. The fraction of sp³-hybridized carbons (Fsp3) is 0.250. The Labute approximate surface area is 151 Å². The van der Waals surface area contributed by atoms with Crippen molar-refractivity contribution in [3.63, 3.8) is 0 Å². The molecular formula is C20H21N3O3. The highest BCUT2D eigenvalue weighted by Gasteiger charge is 2.13. The van der Waals surface area contributed by atoms with Crippen LogP contribution in [0.1, 0.15) is 34.7 Å². The Morgan fingerprint density at radius 3 is 2.19 bits per heavy atom. The SMILES string of the molecule is Cc1nnc(-c2ccc(-c3cc(C(=O)O)ccc3C)cc2)o1.NC1CC1. The Hall–Kier alpha value is -2.99. The van der Waals surface area contributed by atoms with Gasteiger partial charge in [0.05, 0.1) is 5.56 Å². The maximum absolute atomic E-state index is 11.1. The van der Waals surface area contributed by atoms with Gasteiger partial charge in [0, 0.05) is 18.5 Å². The number of aromatic carboxylic acids is 1. The topological polar surface area (TPSA) is 102 Å². The highest BCUT2D eigenvalue weighted by molar-refractivity contribution is 5.90. The van der Waals surface area contributed by atoms with Gasteiger partial charge in [0.15, 0.2) is 0 Å². The minimum absolute atomic E-state index is 0.275. The summed E-state index contributed by atoms with van der Waals surface area (Å²) in [5.41, 5.74) is 9.19. The van der Waals surface area contributed by atoms with Crippen molar-refractivity contribution >= 4 is 5.97 Å². The fourth-order valence-corrected chi connectivity index (χ4v) is 2.37. The minimum atomic E-state index is -0.931. The molecule has 1 saturated carbocycles. The minimum Gasteiger partial charge on any atom is -0.478 e. The maximum atomic E-state index is 11.1. The molecule has 4 rings (SSSR count). The van der Waals surface area contributed by atoms with E-state index < -0.39 is 5.97 Å². The predicted octanol–water partition coefficient (Wildman–Crippen LogP) is 3.83. The first-order chi connectivity index (χ1) is 12.4. The second-order valence-corrected chi connectivity index (χ2v) is 6.38. The van der Waals surface area contributed by atoms with Gasteiger partial charge in [-0.05, 0) is 60.7 Å². The molecule has 0 atom stereocenters. The molecule has 3 N–H and O–H groups in total. The summed E-state index contributed by atoms with van der Waals surface area (Å²) in [5.74, 6) is 0.0587. The summed E-state index contributed by atoms with van der Waals surface area (Å²) in [5, 5.41) is 16.9. The average Bonchev–Trinajstić information content (AvgIpc) is 3.29. The Bertz CT molecular complexity index is 912. The first-order valence-corrected chi connectivity index (χ1v) is 8.44. The summed E-state index contributed by atoms with van der Waals surface area (Å²) in [4.78, 5) is 11.1. The van der Waals surface area contributed by atoms with Gasteiger partial charge in [-0.15, -0.1) is 10.2 Å². The van der Waals surface area contributed by atoms with Crippen LogP contribution in [-0.2, 0) is 0 Å². The molecule has 0 spiro atoms. The zero-order valence-corrected chi connectivity index (χ0v) is 14.8. The first-order valence-electron chi connectivity index (χ1n) is 8.44. The van der Waals surface area contributed by atoms with Crippen molar-refractivity contribution in [3.05, 3.63) is 59.5 Å². The molecule has 1 aliphatic rings. The van der Waals surface area contributed by atoms with Gasteiger partial charge in [0.2, 0.25) is 11.8 Å². The second-order valence-electron chi connectivity index (χ2n) is 6.38. The van der Waals surface area contributed by atoms with Crippen molar-refractivity contribution < 1.29 is 14.3 Å². The third-order valence-electron chi connectivity index (χ3n) is 4.08. The van der Waals surface area contributed by atoms with Crippen molar-refractivity contribution in [3.8, 4) is 22.6 Å². The number of rotatable bonds is 3. The van der Waals surface area contributed by atoms with Crippen LogP contribution in [0.15, 0.2) is 46.9 Å². The molecule has 134 valence electrons. The number of hydrogen-bond acceptors (Lipinski definition) is 5. The monoisotopic (exact) mass is 351 g/mol. The number of carboxylic acids is 1. The summed E-state index contributed by atoms with van der Waals surface area (Å²) < 4.78 is 5.39. The fourth-order valence-electron chi connectivity index (χ4n) is 2.37. The van der Waals surface area contributed by atoms with E-state index in [4.69, 9.17) is 15.3 Å². The van der Waals surface area contributed by atoms with Crippen LogP contribution in [0, 0.1) is 13.8 Å². The predicted molar refractivity (Wildman–Crippen MR) is 98.8 cm³/mol.